The topological polar surface area (TPSA) is 26.3 Å². The van der Waals surface area contributed by atoms with Gasteiger partial charge in [0, 0.05) is 6.42 Å². The Labute approximate surface area is 87.0 Å². The first-order valence-corrected chi connectivity index (χ1v) is 5.93. The van der Waals surface area contributed by atoms with Crippen LogP contribution in [0.5, 0.6) is 0 Å². The molecule has 0 saturated carbocycles. The van der Waals surface area contributed by atoms with Crippen molar-refractivity contribution in [1.29, 1.82) is 0 Å². The second-order valence-electron chi connectivity index (χ2n) is 4.39. The average molecular weight is 198 g/mol. The van der Waals surface area contributed by atoms with Crippen molar-refractivity contribution in [1.82, 2.24) is 0 Å². The summed E-state index contributed by atoms with van der Waals surface area (Å²) in [4.78, 5) is 11.1. The van der Waals surface area contributed by atoms with E-state index in [1.54, 1.807) is 0 Å². The summed E-state index contributed by atoms with van der Waals surface area (Å²) in [6.07, 6.45) is 7.94. The number of hydrogen-bond donors (Lipinski definition) is 0. The minimum atomic E-state index is 0.00333. The maximum atomic E-state index is 11.1. The molecule has 2 atom stereocenters. The summed E-state index contributed by atoms with van der Waals surface area (Å²) in [5, 5.41) is 0. The van der Waals surface area contributed by atoms with Gasteiger partial charge >= 0.3 is 5.97 Å². The van der Waals surface area contributed by atoms with Crippen molar-refractivity contribution in [2.24, 2.45) is 5.92 Å². The van der Waals surface area contributed by atoms with Gasteiger partial charge in [0.2, 0.25) is 0 Å². The van der Waals surface area contributed by atoms with E-state index in [0.29, 0.717) is 12.3 Å². The standard InChI is InChI=1S/C12H22O2/c1-3-4-5-6-7-11-10(2)8-9-12(13)14-11/h10-11H,3-9H2,1-2H3/t10-,11+/m1/s1. The van der Waals surface area contributed by atoms with Gasteiger partial charge in [0.05, 0.1) is 0 Å². The summed E-state index contributed by atoms with van der Waals surface area (Å²) in [6, 6.07) is 0. The minimum Gasteiger partial charge on any atom is -0.462 e. The number of hydrogen-bond acceptors (Lipinski definition) is 2. The van der Waals surface area contributed by atoms with Crippen molar-refractivity contribution in [3.05, 3.63) is 0 Å². The molecule has 82 valence electrons. The van der Waals surface area contributed by atoms with E-state index in [1.807, 2.05) is 0 Å². The molecule has 1 fully saturated rings. The Morgan fingerprint density at radius 3 is 2.86 bits per heavy atom. The van der Waals surface area contributed by atoms with E-state index in [-0.39, 0.29) is 12.1 Å². The Bertz CT molecular complexity index is 177. The van der Waals surface area contributed by atoms with E-state index >= 15 is 0 Å². The number of esters is 1. The highest BCUT2D eigenvalue weighted by molar-refractivity contribution is 5.70. The molecule has 2 nitrogen and oxygen atoms in total. The fourth-order valence-electron chi connectivity index (χ4n) is 1.99. The molecule has 1 aliphatic rings. The van der Waals surface area contributed by atoms with Crippen molar-refractivity contribution in [2.45, 2.75) is 64.9 Å². The zero-order valence-corrected chi connectivity index (χ0v) is 9.42. The number of carbonyl (C=O) groups excluding carboxylic acids is 1. The summed E-state index contributed by atoms with van der Waals surface area (Å²) in [7, 11) is 0. The van der Waals surface area contributed by atoms with Crippen LogP contribution in [0.25, 0.3) is 0 Å². The largest absolute Gasteiger partial charge is 0.462 e. The van der Waals surface area contributed by atoms with Crippen molar-refractivity contribution >= 4 is 5.97 Å². The summed E-state index contributed by atoms with van der Waals surface area (Å²) in [5.41, 5.74) is 0. The van der Waals surface area contributed by atoms with Crippen LogP contribution in [0.2, 0.25) is 0 Å². The SMILES string of the molecule is CCCCCC[C@@H]1OC(=O)CC[C@H]1C. The quantitative estimate of drug-likeness (QED) is 0.500. The zero-order chi connectivity index (χ0) is 10.4. The molecule has 0 aliphatic carbocycles. The first kappa shape index (κ1) is 11.5. The van der Waals surface area contributed by atoms with Crippen molar-refractivity contribution < 1.29 is 9.53 Å². The van der Waals surface area contributed by atoms with Crippen LogP contribution >= 0.6 is 0 Å². The number of rotatable bonds is 5. The molecule has 1 aliphatic heterocycles. The van der Waals surface area contributed by atoms with Gasteiger partial charge in [-0.2, -0.15) is 0 Å². The Balaban J connectivity index is 2.17. The van der Waals surface area contributed by atoms with Crippen LogP contribution in [0, 0.1) is 5.92 Å². The molecule has 0 spiro atoms. The van der Waals surface area contributed by atoms with Crippen molar-refractivity contribution in [3.8, 4) is 0 Å². The lowest BCUT2D eigenvalue weighted by molar-refractivity contribution is -0.158. The third kappa shape index (κ3) is 3.69. The molecule has 0 aromatic carbocycles. The van der Waals surface area contributed by atoms with Gasteiger partial charge in [0.25, 0.3) is 0 Å². The van der Waals surface area contributed by atoms with Gasteiger partial charge in [-0.05, 0) is 25.2 Å². The highest BCUT2D eigenvalue weighted by Crippen LogP contribution is 2.25. The molecular weight excluding hydrogens is 176 g/mol. The summed E-state index contributed by atoms with van der Waals surface area (Å²) in [6.45, 7) is 4.40. The second-order valence-corrected chi connectivity index (χ2v) is 4.39. The fraction of sp³-hybridized carbons (Fsp3) is 0.917. The summed E-state index contributed by atoms with van der Waals surface area (Å²) < 4.78 is 5.34. The lowest BCUT2D eigenvalue weighted by atomic mass is 9.92. The lowest BCUT2D eigenvalue weighted by Gasteiger charge is -2.28. The van der Waals surface area contributed by atoms with Gasteiger partial charge in [-0.3, -0.25) is 4.79 Å². The number of ether oxygens (including phenoxy) is 1. The molecular formula is C12H22O2. The van der Waals surface area contributed by atoms with Crippen LogP contribution in [-0.4, -0.2) is 12.1 Å². The molecule has 0 aromatic heterocycles. The van der Waals surface area contributed by atoms with Gasteiger partial charge in [0.15, 0.2) is 0 Å². The van der Waals surface area contributed by atoms with E-state index in [2.05, 4.69) is 13.8 Å². The first-order valence-electron chi connectivity index (χ1n) is 5.93. The maximum Gasteiger partial charge on any atom is 0.306 e. The highest BCUT2D eigenvalue weighted by Gasteiger charge is 2.26. The Morgan fingerprint density at radius 2 is 2.14 bits per heavy atom. The molecule has 2 heteroatoms. The maximum absolute atomic E-state index is 11.1. The van der Waals surface area contributed by atoms with Crippen LogP contribution < -0.4 is 0 Å². The number of unbranched alkanes of at least 4 members (excludes halogenated alkanes) is 3. The Hall–Kier alpha value is -0.530. The lowest BCUT2D eigenvalue weighted by Crippen LogP contribution is -2.30. The van der Waals surface area contributed by atoms with E-state index < -0.39 is 0 Å². The molecule has 1 heterocycles. The minimum absolute atomic E-state index is 0.00333. The third-order valence-electron chi connectivity index (χ3n) is 3.06. The normalized spacial score (nSPS) is 27.4. The monoisotopic (exact) mass is 198 g/mol. The Morgan fingerprint density at radius 1 is 1.36 bits per heavy atom. The van der Waals surface area contributed by atoms with Crippen LogP contribution in [0.15, 0.2) is 0 Å². The smallest absolute Gasteiger partial charge is 0.306 e. The van der Waals surface area contributed by atoms with Gasteiger partial charge in [-0.25, -0.2) is 0 Å². The highest BCUT2D eigenvalue weighted by atomic mass is 16.5. The van der Waals surface area contributed by atoms with Gasteiger partial charge in [0.1, 0.15) is 6.10 Å². The summed E-state index contributed by atoms with van der Waals surface area (Å²) >= 11 is 0. The average Bonchev–Trinajstić information content (AvgIpc) is 2.18. The third-order valence-corrected chi connectivity index (χ3v) is 3.06. The molecule has 0 bridgehead atoms. The Kier molecular flexibility index (Phi) is 4.99. The van der Waals surface area contributed by atoms with Gasteiger partial charge in [-0.15, -0.1) is 0 Å². The first-order chi connectivity index (χ1) is 6.74. The van der Waals surface area contributed by atoms with Crippen molar-refractivity contribution in [3.63, 3.8) is 0 Å². The van der Waals surface area contributed by atoms with E-state index in [0.717, 1.165) is 12.8 Å². The fourth-order valence-corrected chi connectivity index (χ4v) is 1.99. The molecule has 14 heavy (non-hydrogen) atoms. The second kappa shape index (κ2) is 6.05. The molecule has 0 unspecified atom stereocenters. The number of carbonyl (C=O) groups is 1. The molecule has 0 aromatic rings. The molecule has 1 saturated heterocycles. The van der Waals surface area contributed by atoms with Crippen LogP contribution in [0.3, 0.4) is 0 Å². The van der Waals surface area contributed by atoms with Crippen LogP contribution in [0.4, 0.5) is 0 Å². The van der Waals surface area contributed by atoms with Gasteiger partial charge in [-0.1, -0.05) is 33.1 Å². The molecule has 0 N–H and O–H groups in total. The molecule has 0 radical (unpaired) electrons. The van der Waals surface area contributed by atoms with Crippen LogP contribution in [0.1, 0.15) is 58.8 Å². The van der Waals surface area contributed by atoms with Gasteiger partial charge < -0.3 is 4.74 Å². The van der Waals surface area contributed by atoms with Crippen LogP contribution in [-0.2, 0) is 9.53 Å². The predicted molar refractivity (Wildman–Crippen MR) is 57.0 cm³/mol. The van der Waals surface area contributed by atoms with E-state index in [4.69, 9.17) is 4.74 Å². The predicted octanol–water partition coefficient (Wildman–Crippen LogP) is 3.30. The van der Waals surface area contributed by atoms with Crippen molar-refractivity contribution in [2.75, 3.05) is 0 Å². The number of cyclic esters (lactones) is 1. The van der Waals surface area contributed by atoms with E-state index in [1.165, 1.54) is 25.7 Å². The zero-order valence-electron chi connectivity index (χ0n) is 9.42. The van der Waals surface area contributed by atoms with E-state index in [9.17, 15) is 4.79 Å². The molecule has 1 rings (SSSR count). The summed E-state index contributed by atoms with van der Waals surface area (Å²) in [5.74, 6) is 0.568. The molecule has 0 amide bonds.